The average molecular weight is 281 g/mol. The molecule has 0 saturated heterocycles. The Morgan fingerprint density at radius 3 is 2.33 bits per heavy atom. The number of nitro groups is 1. The van der Waals surface area contributed by atoms with E-state index in [1.54, 1.807) is 13.8 Å². The molecule has 0 aromatic carbocycles. The molecule has 0 radical (unpaired) electrons. The highest BCUT2D eigenvalue weighted by Gasteiger charge is 2.34. The Bertz CT molecular complexity index is 308. The molecule has 7 heteroatoms. The van der Waals surface area contributed by atoms with Crippen LogP contribution in [0, 0.1) is 10.1 Å². The van der Waals surface area contributed by atoms with Crippen molar-refractivity contribution in [1.82, 2.24) is 0 Å². The van der Waals surface area contributed by atoms with E-state index in [0.29, 0.717) is 6.16 Å². The molecule has 0 rings (SSSR count). The van der Waals surface area contributed by atoms with E-state index in [1.807, 2.05) is 6.92 Å². The van der Waals surface area contributed by atoms with Crippen molar-refractivity contribution in [2.45, 2.75) is 58.8 Å². The lowest BCUT2D eigenvalue weighted by molar-refractivity contribution is -0.528. The second-order valence-corrected chi connectivity index (χ2v) is 7.47. The molecular formula is C11H24NO5P. The van der Waals surface area contributed by atoms with Crippen LogP contribution < -0.4 is 0 Å². The van der Waals surface area contributed by atoms with Gasteiger partial charge in [0.25, 0.3) is 0 Å². The van der Waals surface area contributed by atoms with Gasteiger partial charge in [0.05, 0.1) is 12.3 Å². The largest absolute Gasteiger partial charge is 0.385 e. The molecule has 0 aliphatic rings. The maximum Gasteiger partial charge on any atom is 0.236 e. The number of hydrogen-bond acceptors (Lipinski definition) is 5. The standard InChI is InChI=1S/C11H24NO5P/c1-5-6-7-18(16,17-9(2)3)8-11(13)10(4)12(14)15/h9-11,13H,5-8H2,1-4H3. The van der Waals surface area contributed by atoms with Gasteiger partial charge < -0.3 is 9.63 Å². The number of nitrogens with zero attached hydrogens (tertiary/aromatic N) is 1. The molecule has 0 saturated carbocycles. The van der Waals surface area contributed by atoms with E-state index in [1.165, 1.54) is 6.92 Å². The molecule has 0 fully saturated rings. The average Bonchev–Trinajstić information content (AvgIpc) is 2.23. The topological polar surface area (TPSA) is 89.7 Å². The normalized spacial score (nSPS) is 18.3. The van der Waals surface area contributed by atoms with Crippen LogP contribution in [-0.2, 0) is 9.09 Å². The summed E-state index contributed by atoms with van der Waals surface area (Å²) in [4.78, 5) is 10.0. The van der Waals surface area contributed by atoms with Gasteiger partial charge >= 0.3 is 0 Å². The third kappa shape index (κ3) is 6.47. The van der Waals surface area contributed by atoms with Crippen molar-refractivity contribution < 1.29 is 19.1 Å². The lowest BCUT2D eigenvalue weighted by Gasteiger charge is -2.23. The van der Waals surface area contributed by atoms with Crippen LogP contribution in [0.15, 0.2) is 0 Å². The first-order valence-electron chi connectivity index (χ1n) is 6.30. The molecule has 18 heavy (non-hydrogen) atoms. The molecule has 108 valence electrons. The maximum absolute atomic E-state index is 12.5. The van der Waals surface area contributed by atoms with Gasteiger partial charge in [-0.1, -0.05) is 13.3 Å². The minimum absolute atomic E-state index is 0.146. The fraction of sp³-hybridized carbons (Fsp3) is 1.00. The molecular weight excluding hydrogens is 257 g/mol. The summed E-state index contributed by atoms with van der Waals surface area (Å²) in [6.07, 6.45) is 0.360. The van der Waals surface area contributed by atoms with Gasteiger partial charge in [0.15, 0.2) is 0 Å². The first-order chi connectivity index (χ1) is 8.22. The van der Waals surface area contributed by atoms with E-state index in [0.717, 1.165) is 12.8 Å². The minimum atomic E-state index is -3.00. The van der Waals surface area contributed by atoms with Crippen LogP contribution in [-0.4, -0.2) is 40.6 Å². The Morgan fingerprint density at radius 1 is 1.39 bits per heavy atom. The first kappa shape index (κ1) is 17.6. The summed E-state index contributed by atoms with van der Waals surface area (Å²) in [5, 5.41) is 20.3. The third-order valence-corrected chi connectivity index (χ3v) is 5.34. The molecule has 0 aliphatic carbocycles. The second-order valence-electron chi connectivity index (χ2n) is 4.82. The van der Waals surface area contributed by atoms with Gasteiger partial charge in [0, 0.05) is 18.0 Å². The van der Waals surface area contributed by atoms with Crippen molar-refractivity contribution in [2.24, 2.45) is 0 Å². The quantitative estimate of drug-likeness (QED) is 0.398. The summed E-state index contributed by atoms with van der Waals surface area (Å²) in [7, 11) is -3.00. The molecule has 0 amide bonds. The smallest absolute Gasteiger partial charge is 0.236 e. The molecule has 0 bridgehead atoms. The molecule has 3 atom stereocenters. The Balaban J connectivity index is 4.67. The number of aliphatic hydroxyl groups is 1. The molecule has 0 aromatic rings. The SMILES string of the molecule is CCCCP(=O)(CC(O)C(C)[N+](=O)[O-])OC(C)C. The van der Waals surface area contributed by atoms with Crippen LogP contribution in [0.4, 0.5) is 0 Å². The summed E-state index contributed by atoms with van der Waals surface area (Å²) in [6, 6.07) is -1.13. The van der Waals surface area contributed by atoms with E-state index in [4.69, 9.17) is 4.52 Å². The van der Waals surface area contributed by atoms with Crippen LogP contribution >= 0.6 is 7.37 Å². The number of unbranched alkanes of at least 4 members (excludes halogenated alkanes) is 1. The molecule has 0 heterocycles. The lowest BCUT2D eigenvalue weighted by atomic mass is 10.2. The van der Waals surface area contributed by atoms with Crippen molar-refractivity contribution >= 4 is 7.37 Å². The molecule has 0 spiro atoms. The van der Waals surface area contributed by atoms with Gasteiger partial charge in [-0.05, 0) is 20.3 Å². The Labute approximate surface area is 108 Å². The van der Waals surface area contributed by atoms with Crippen molar-refractivity contribution in [3.05, 3.63) is 10.1 Å². The second kappa shape index (κ2) is 7.87. The van der Waals surface area contributed by atoms with Crippen LogP contribution in [0.2, 0.25) is 0 Å². The summed E-state index contributed by atoms with van der Waals surface area (Å²) >= 11 is 0. The monoisotopic (exact) mass is 281 g/mol. The number of hydrogen-bond donors (Lipinski definition) is 1. The highest BCUT2D eigenvalue weighted by atomic mass is 31.2. The lowest BCUT2D eigenvalue weighted by Crippen LogP contribution is -2.34. The van der Waals surface area contributed by atoms with E-state index < -0.39 is 24.4 Å². The van der Waals surface area contributed by atoms with Crippen molar-refractivity contribution in [1.29, 1.82) is 0 Å². The zero-order chi connectivity index (χ0) is 14.3. The first-order valence-corrected chi connectivity index (χ1v) is 8.29. The number of aliphatic hydroxyl groups excluding tert-OH is 1. The summed E-state index contributed by atoms with van der Waals surface area (Å²) in [5.74, 6) is 0. The zero-order valence-electron chi connectivity index (χ0n) is 11.5. The Kier molecular flexibility index (Phi) is 7.67. The molecule has 0 aromatic heterocycles. The van der Waals surface area contributed by atoms with E-state index >= 15 is 0 Å². The highest BCUT2D eigenvalue weighted by Crippen LogP contribution is 2.49. The summed E-state index contributed by atoms with van der Waals surface area (Å²) < 4.78 is 17.9. The van der Waals surface area contributed by atoms with Gasteiger partial charge in [-0.15, -0.1) is 0 Å². The molecule has 1 N–H and O–H groups in total. The van der Waals surface area contributed by atoms with Crippen LogP contribution in [0.5, 0.6) is 0 Å². The van der Waals surface area contributed by atoms with E-state index in [-0.39, 0.29) is 12.3 Å². The van der Waals surface area contributed by atoms with Gasteiger partial charge in [0.1, 0.15) is 6.10 Å². The minimum Gasteiger partial charge on any atom is -0.385 e. The fourth-order valence-electron chi connectivity index (χ4n) is 1.55. The fourth-order valence-corrected chi connectivity index (χ4v) is 4.36. The van der Waals surface area contributed by atoms with Gasteiger partial charge in [-0.2, -0.15) is 0 Å². The molecule has 6 nitrogen and oxygen atoms in total. The Morgan fingerprint density at radius 2 is 1.94 bits per heavy atom. The molecule has 3 unspecified atom stereocenters. The van der Waals surface area contributed by atoms with Crippen LogP contribution in [0.1, 0.15) is 40.5 Å². The van der Waals surface area contributed by atoms with E-state index in [2.05, 4.69) is 0 Å². The zero-order valence-corrected chi connectivity index (χ0v) is 12.4. The van der Waals surface area contributed by atoms with Crippen LogP contribution in [0.3, 0.4) is 0 Å². The highest BCUT2D eigenvalue weighted by molar-refractivity contribution is 7.59. The maximum atomic E-state index is 12.5. The van der Waals surface area contributed by atoms with Crippen molar-refractivity contribution in [3.63, 3.8) is 0 Å². The van der Waals surface area contributed by atoms with Crippen molar-refractivity contribution in [3.8, 4) is 0 Å². The van der Waals surface area contributed by atoms with Crippen LogP contribution in [0.25, 0.3) is 0 Å². The van der Waals surface area contributed by atoms with E-state index in [9.17, 15) is 19.8 Å². The van der Waals surface area contributed by atoms with Gasteiger partial charge in [0.2, 0.25) is 13.4 Å². The predicted molar refractivity (Wildman–Crippen MR) is 70.9 cm³/mol. The third-order valence-electron chi connectivity index (χ3n) is 2.61. The summed E-state index contributed by atoms with van der Waals surface area (Å²) in [6.45, 7) is 6.81. The predicted octanol–water partition coefficient (Wildman–Crippen LogP) is 2.52. The Hall–Kier alpha value is -0.450. The van der Waals surface area contributed by atoms with Gasteiger partial charge in [-0.25, -0.2) is 0 Å². The molecule has 0 aliphatic heterocycles. The van der Waals surface area contributed by atoms with Crippen molar-refractivity contribution in [2.75, 3.05) is 12.3 Å². The number of rotatable bonds is 9. The van der Waals surface area contributed by atoms with Gasteiger partial charge in [-0.3, -0.25) is 14.7 Å². The summed E-state index contributed by atoms with van der Waals surface area (Å²) in [5.41, 5.74) is 0.